The van der Waals surface area contributed by atoms with Crippen LogP contribution in [-0.4, -0.2) is 43.3 Å². The molecule has 1 atom stereocenters. The number of ether oxygens (including phenoxy) is 1. The summed E-state index contributed by atoms with van der Waals surface area (Å²) in [4.78, 5) is 2.66. The maximum atomic E-state index is 5.64. The molecule has 3 nitrogen and oxygen atoms in total. The first-order valence-electron chi connectivity index (χ1n) is 5.95. The second kappa shape index (κ2) is 5.10. The highest BCUT2D eigenvalue weighted by Crippen LogP contribution is 2.27. The van der Waals surface area contributed by atoms with Crippen molar-refractivity contribution in [1.82, 2.24) is 4.90 Å². The van der Waals surface area contributed by atoms with E-state index in [2.05, 4.69) is 4.90 Å². The van der Waals surface area contributed by atoms with Crippen LogP contribution >= 0.6 is 0 Å². The van der Waals surface area contributed by atoms with Gasteiger partial charge in [-0.1, -0.05) is 12.8 Å². The van der Waals surface area contributed by atoms with E-state index in [1.807, 2.05) is 0 Å². The van der Waals surface area contributed by atoms with E-state index in [-0.39, 0.29) is 0 Å². The minimum absolute atomic E-state index is 0.594. The van der Waals surface area contributed by atoms with Crippen LogP contribution in [0.1, 0.15) is 32.1 Å². The molecule has 3 heteroatoms. The zero-order chi connectivity index (χ0) is 9.80. The summed E-state index contributed by atoms with van der Waals surface area (Å²) >= 11 is 0. The lowest BCUT2D eigenvalue weighted by Gasteiger charge is -2.39. The van der Waals surface area contributed by atoms with Crippen LogP contribution in [0.2, 0.25) is 0 Å². The molecular weight excluding hydrogens is 176 g/mol. The van der Waals surface area contributed by atoms with E-state index in [0.717, 1.165) is 38.8 Å². The summed E-state index contributed by atoms with van der Waals surface area (Å²) < 4.78 is 5.53. The summed E-state index contributed by atoms with van der Waals surface area (Å²) in [7, 11) is 0. The lowest BCUT2D eigenvalue weighted by Crippen LogP contribution is -2.50. The van der Waals surface area contributed by atoms with Gasteiger partial charge in [0.1, 0.15) is 0 Å². The Balaban J connectivity index is 1.91. The largest absolute Gasteiger partial charge is 0.378 e. The Morgan fingerprint density at radius 1 is 1.29 bits per heavy atom. The van der Waals surface area contributed by atoms with E-state index in [4.69, 9.17) is 10.5 Å². The first-order valence-corrected chi connectivity index (χ1v) is 5.95. The van der Waals surface area contributed by atoms with Gasteiger partial charge in [0.15, 0.2) is 0 Å². The summed E-state index contributed by atoms with van der Waals surface area (Å²) in [6, 6.07) is 1.42. The number of hydrogen-bond donors (Lipinski definition) is 1. The van der Waals surface area contributed by atoms with Gasteiger partial charge in [0.25, 0.3) is 0 Å². The molecule has 82 valence electrons. The maximum Gasteiger partial charge on any atom is 0.0623 e. The minimum Gasteiger partial charge on any atom is -0.378 e. The second-order valence-corrected chi connectivity index (χ2v) is 4.48. The van der Waals surface area contributed by atoms with Gasteiger partial charge in [0.05, 0.1) is 13.2 Å². The molecule has 0 radical (unpaired) electrons. The molecule has 2 N–H and O–H groups in total. The fourth-order valence-electron chi connectivity index (χ4n) is 2.83. The average Bonchev–Trinajstić information content (AvgIpc) is 2.72. The highest BCUT2D eigenvalue weighted by molar-refractivity contribution is 4.84. The molecule has 1 aliphatic carbocycles. The van der Waals surface area contributed by atoms with Crippen molar-refractivity contribution in [3.63, 3.8) is 0 Å². The van der Waals surface area contributed by atoms with E-state index in [9.17, 15) is 0 Å². The van der Waals surface area contributed by atoms with Crippen molar-refractivity contribution in [2.45, 2.75) is 44.2 Å². The summed E-state index contributed by atoms with van der Waals surface area (Å²) in [5, 5.41) is 0. The Hall–Kier alpha value is -0.120. The molecule has 1 unspecified atom stereocenters. The van der Waals surface area contributed by atoms with Crippen molar-refractivity contribution in [2.24, 2.45) is 5.73 Å². The zero-order valence-electron chi connectivity index (χ0n) is 8.95. The molecule has 0 amide bonds. The Bertz CT molecular complexity index is 167. The number of morpholine rings is 1. The van der Waals surface area contributed by atoms with Gasteiger partial charge in [-0.3, -0.25) is 4.90 Å². The molecule has 2 fully saturated rings. The van der Waals surface area contributed by atoms with E-state index < -0.39 is 0 Å². The van der Waals surface area contributed by atoms with Crippen molar-refractivity contribution >= 4 is 0 Å². The van der Waals surface area contributed by atoms with Gasteiger partial charge in [-0.2, -0.15) is 0 Å². The number of nitrogens with two attached hydrogens (primary N) is 1. The number of nitrogens with zero attached hydrogens (tertiary/aromatic N) is 1. The van der Waals surface area contributed by atoms with Crippen LogP contribution < -0.4 is 5.73 Å². The third-order valence-corrected chi connectivity index (χ3v) is 3.57. The summed E-state index contributed by atoms with van der Waals surface area (Å²) in [6.45, 7) is 3.72. The molecule has 1 saturated carbocycles. The molecule has 2 rings (SSSR count). The molecular formula is C11H22N2O. The monoisotopic (exact) mass is 198 g/mol. The van der Waals surface area contributed by atoms with E-state index in [1.165, 1.54) is 25.7 Å². The number of hydrogen-bond acceptors (Lipinski definition) is 3. The topological polar surface area (TPSA) is 38.5 Å². The van der Waals surface area contributed by atoms with Crippen molar-refractivity contribution in [3.8, 4) is 0 Å². The Morgan fingerprint density at radius 2 is 2.07 bits per heavy atom. The van der Waals surface area contributed by atoms with Crippen LogP contribution in [0.15, 0.2) is 0 Å². The smallest absolute Gasteiger partial charge is 0.0623 e. The van der Waals surface area contributed by atoms with Crippen molar-refractivity contribution in [2.75, 3.05) is 26.3 Å². The SMILES string of the molecule is NCCC1COCCN1C1CCCC1. The normalized spacial score (nSPS) is 31.1. The van der Waals surface area contributed by atoms with Gasteiger partial charge >= 0.3 is 0 Å². The standard InChI is InChI=1S/C11H22N2O/c12-6-5-11-9-14-8-7-13(11)10-3-1-2-4-10/h10-11H,1-9,12H2. The Morgan fingerprint density at radius 3 is 2.79 bits per heavy atom. The predicted molar refractivity (Wildman–Crippen MR) is 57.2 cm³/mol. The van der Waals surface area contributed by atoms with Gasteiger partial charge in [-0.15, -0.1) is 0 Å². The van der Waals surface area contributed by atoms with Crippen molar-refractivity contribution in [3.05, 3.63) is 0 Å². The first kappa shape index (κ1) is 10.4. The summed E-state index contributed by atoms with van der Waals surface area (Å²) in [6.07, 6.45) is 6.70. The van der Waals surface area contributed by atoms with Crippen LogP contribution in [-0.2, 0) is 4.74 Å². The quantitative estimate of drug-likeness (QED) is 0.734. The average molecular weight is 198 g/mol. The van der Waals surface area contributed by atoms with Gasteiger partial charge in [0, 0.05) is 18.6 Å². The van der Waals surface area contributed by atoms with Gasteiger partial charge in [0.2, 0.25) is 0 Å². The van der Waals surface area contributed by atoms with E-state index >= 15 is 0 Å². The van der Waals surface area contributed by atoms with Crippen LogP contribution in [0.4, 0.5) is 0 Å². The fraction of sp³-hybridized carbons (Fsp3) is 1.00. The van der Waals surface area contributed by atoms with E-state index in [1.54, 1.807) is 0 Å². The van der Waals surface area contributed by atoms with Crippen LogP contribution in [0.25, 0.3) is 0 Å². The highest BCUT2D eigenvalue weighted by atomic mass is 16.5. The van der Waals surface area contributed by atoms with Gasteiger partial charge in [-0.25, -0.2) is 0 Å². The lowest BCUT2D eigenvalue weighted by atomic mass is 10.1. The predicted octanol–water partition coefficient (Wildman–Crippen LogP) is 0.979. The fourth-order valence-corrected chi connectivity index (χ4v) is 2.83. The molecule has 0 bridgehead atoms. The van der Waals surface area contributed by atoms with Crippen LogP contribution in [0.5, 0.6) is 0 Å². The molecule has 14 heavy (non-hydrogen) atoms. The van der Waals surface area contributed by atoms with E-state index in [0.29, 0.717) is 6.04 Å². The molecule has 1 saturated heterocycles. The highest BCUT2D eigenvalue weighted by Gasteiger charge is 2.30. The molecule has 0 aromatic carbocycles. The lowest BCUT2D eigenvalue weighted by molar-refractivity contribution is -0.0294. The van der Waals surface area contributed by atoms with Crippen LogP contribution in [0.3, 0.4) is 0 Å². The molecule has 0 aromatic rings. The first-order chi connectivity index (χ1) is 6.92. The summed E-state index contributed by atoms with van der Waals surface area (Å²) in [5.41, 5.74) is 5.64. The molecule has 1 heterocycles. The third kappa shape index (κ3) is 2.27. The second-order valence-electron chi connectivity index (χ2n) is 4.48. The Kier molecular flexibility index (Phi) is 3.79. The number of rotatable bonds is 3. The summed E-state index contributed by atoms with van der Waals surface area (Å²) in [5.74, 6) is 0. The minimum atomic E-state index is 0.594. The van der Waals surface area contributed by atoms with Crippen LogP contribution in [0, 0.1) is 0 Å². The molecule has 1 aliphatic heterocycles. The van der Waals surface area contributed by atoms with Gasteiger partial charge in [-0.05, 0) is 25.8 Å². The zero-order valence-corrected chi connectivity index (χ0v) is 8.95. The van der Waals surface area contributed by atoms with Gasteiger partial charge < -0.3 is 10.5 Å². The maximum absolute atomic E-state index is 5.64. The Labute approximate surface area is 86.6 Å². The van der Waals surface area contributed by atoms with Crippen molar-refractivity contribution < 1.29 is 4.74 Å². The molecule has 0 aromatic heterocycles. The molecule has 0 spiro atoms. The van der Waals surface area contributed by atoms with Crippen molar-refractivity contribution in [1.29, 1.82) is 0 Å². The third-order valence-electron chi connectivity index (χ3n) is 3.57. The molecule has 2 aliphatic rings.